The van der Waals surface area contributed by atoms with Gasteiger partial charge in [-0.3, -0.25) is 0 Å². The monoisotopic (exact) mass is 152 g/mol. The van der Waals surface area contributed by atoms with E-state index in [4.69, 9.17) is 5.73 Å². The average molecular weight is 152 g/mol. The van der Waals surface area contributed by atoms with Gasteiger partial charge in [-0.05, 0) is 6.92 Å². The Labute approximate surface area is 65.9 Å². The zero-order chi connectivity index (χ0) is 8.10. The van der Waals surface area contributed by atoms with Crippen LogP contribution in [-0.2, 0) is 6.54 Å². The molecule has 4 nitrogen and oxygen atoms in total. The highest BCUT2D eigenvalue weighted by Gasteiger charge is 1.93. The maximum absolute atomic E-state index is 5.40. The predicted octanol–water partition coefficient (Wildman–Crippen LogP) is 0.367. The molecule has 0 atom stereocenters. The van der Waals surface area contributed by atoms with E-state index in [0.29, 0.717) is 6.54 Å². The van der Waals surface area contributed by atoms with E-state index in [9.17, 15) is 0 Å². The van der Waals surface area contributed by atoms with Gasteiger partial charge >= 0.3 is 0 Å². The summed E-state index contributed by atoms with van der Waals surface area (Å²) in [7, 11) is 0. The van der Waals surface area contributed by atoms with E-state index in [0.717, 1.165) is 18.1 Å². The Bertz CT molecular complexity index is 223. The van der Waals surface area contributed by atoms with Gasteiger partial charge in [-0.1, -0.05) is 0 Å². The van der Waals surface area contributed by atoms with Gasteiger partial charge in [0, 0.05) is 19.2 Å². The number of hydrogen-bond donors (Lipinski definition) is 2. The van der Waals surface area contributed by atoms with Crippen LogP contribution in [0.2, 0.25) is 0 Å². The highest BCUT2D eigenvalue weighted by atomic mass is 15.0. The number of nitrogens with one attached hydrogen (secondary N) is 1. The first-order valence-corrected chi connectivity index (χ1v) is 3.61. The molecule has 3 N–H and O–H groups in total. The van der Waals surface area contributed by atoms with Crippen molar-refractivity contribution in [2.24, 2.45) is 5.73 Å². The van der Waals surface area contributed by atoms with Crippen molar-refractivity contribution in [3.05, 3.63) is 18.1 Å². The van der Waals surface area contributed by atoms with Crippen molar-refractivity contribution >= 4 is 5.82 Å². The molecule has 0 aliphatic carbocycles. The molecular weight excluding hydrogens is 140 g/mol. The summed E-state index contributed by atoms with van der Waals surface area (Å²) in [5.74, 6) is 0.836. The Morgan fingerprint density at radius 1 is 1.55 bits per heavy atom. The first kappa shape index (κ1) is 7.94. The van der Waals surface area contributed by atoms with Gasteiger partial charge in [0.15, 0.2) is 0 Å². The Kier molecular flexibility index (Phi) is 2.80. The summed E-state index contributed by atoms with van der Waals surface area (Å²) >= 11 is 0. The van der Waals surface area contributed by atoms with E-state index in [-0.39, 0.29) is 0 Å². The maximum Gasteiger partial charge on any atom is 0.129 e. The standard InChI is InChI=1S/C7H12N4/c1-2-9-7-3-6(4-8)10-5-11-7/h3,5H,2,4,8H2,1H3,(H,9,10,11). The van der Waals surface area contributed by atoms with E-state index in [1.54, 1.807) is 0 Å². The van der Waals surface area contributed by atoms with E-state index < -0.39 is 0 Å². The molecule has 1 heterocycles. The topological polar surface area (TPSA) is 63.8 Å². The van der Waals surface area contributed by atoms with E-state index >= 15 is 0 Å². The summed E-state index contributed by atoms with van der Waals surface area (Å²) in [5, 5.41) is 3.08. The minimum absolute atomic E-state index is 0.459. The second-order valence-electron chi connectivity index (χ2n) is 2.13. The van der Waals surface area contributed by atoms with Crippen LogP contribution in [0.1, 0.15) is 12.6 Å². The minimum Gasteiger partial charge on any atom is -0.370 e. The highest BCUT2D eigenvalue weighted by molar-refractivity contribution is 5.34. The summed E-state index contributed by atoms with van der Waals surface area (Å²) < 4.78 is 0. The van der Waals surface area contributed by atoms with Crippen LogP contribution in [-0.4, -0.2) is 16.5 Å². The van der Waals surface area contributed by atoms with Crippen molar-refractivity contribution in [1.82, 2.24) is 9.97 Å². The van der Waals surface area contributed by atoms with Crippen molar-refractivity contribution in [3.63, 3.8) is 0 Å². The van der Waals surface area contributed by atoms with Crippen molar-refractivity contribution in [3.8, 4) is 0 Å². The van der Waals surface area contributed by atoms with Gasteiger partial charge in [-0.15, -0.1) is 0 Å². The lowest BCUT2D eigenvalue weighted by molar-refractivity contribution is 0.960. The predicted molar refractivity (Wildman–Crippen MR) is 44.1 cm³/mol. The summed E-state index contributed by atoms with van der Waals surface area (Å²) in [6, 6.07) is 1.85. The van der Waals surface area contributed by atoms with Crippen molar-refractivity contribution in [2.75, 3.05) is 11.9 Å². The Morgan fingerprint density at radius 2 is 2.36 bits per heavy atom. The molecule has 0 radical (unpaired) electrons. The van der Waals surface area contributed by atoms with Crippen LogP contribution in [0.4, 0.5) is 5.82 Å². The number of hydrogen-bond acceptors (Lipinski definition) is 4. The SMILES string of the molecule is CCNc1cc(CN)ncn1. The molecule has 1 aromatic rings. The second kappa shape index (κ2) is 3.88. The molecule has 1 aromatic heterocycles. The summed E-state index contributed by atoms with van der Waals surface area (Å²) in [5.41, 5.74) is 6.25. The summed E-state index contributed by atoms with van der Waals surface area (Å²) in [6.45, 7) is 3.34. The van der Waals surface area contributed by atoms with E-state index in [1.165, 1.54) is 6.33 Å². The van der Waals surface area contributed by atoms with Gasteiger partial charge in [-0.25, -0.2) is 9.97 Å². The van der Waals surface area contributed by atoms with Crippen LogP contribution in [0, 0.1) is 0 Å². The summed E-state index contributed by atoms with van der Waals surface area (Å²) in [4.78, 5) is 7.96. The molecule has 4 heteroatoms. The number of nitrogens with zero attached hydrogens (tertiary/aromatic N) is 2. The van der Waals surface area contributed by atoms with Gasteiger partial charge < -0.3 is 11.1 Å². The smallest absolute Gasteiger partial charge is 0.129 e. The molecule has 0 unspecified atom stereocenters. The number of nitrogens with two attached hydrogens (primary N) is 1. The van der Waals surface area contributed by atoms with Crippen LogP contribution in [0.5, 0.6) is 0 Å². The van der Waals surface area contributed by atoms with Crippen LogP contribution in [0.25, 0.3) is 0 Å². The zero-order valence-corrected chi connectivity index (χ0v) is 6.54. The molecule has 0 saturated heterocycles. The van der Waals surface area contributed by atoms with Crippen molar-refractivity contribution < 1.29 is 0 Å². The van der Waals surface area contributed by atoms with Crippen LogP contribution < -0.4 is 11.1 Å². The third kappa shape index (κ3) is 2.16. The third-order valence-corrected chi connectivity index (χ3v) is 1.29. The Hall–Kier alpha value is -1.16. The van der Waals surface area contributed by atoms with Gasteiger partial charge in [0.1, 0.15) is 12.1 Å². The van der Waals surface area contributed by atoms with Gasteiger partial charge in [-0.2, -0.15) is 0 Å². The normalized spacial score (nSPS) is 9.64. The molecule has 0 spiro atoms. The zero-order valence-electron chi connectivity index (χ0n) is 6.54. The summed E-state index contributed by atoms with van der Waals surface area (Å²) in [6.07, 6.45) is 1.51. The minimum atomic E-state index is 0.459. The number of anilines is 1. The molecule has 1 rings (SSSR count). The molecule has 11 heavy (non-hydrogen) atoms. The van der Waals surface area contributed by atoms with Crippen molar-refractivity contribution in [1.29, 1.82) is 0 Å². The number of aromatic nitrogens is 2. The van der Waals surface area contributed by atoms with Crippen LogP contribution >= 0.6 is 0 Å². The molecular formula is C7H12N4. The molecule has 0 aromatic carbocycles. The van der Waals surface area contributed by atoms with Gasteiger partial charge in [0.25, 0.3) is 0 Å². The van der Waals surface area contributed by atoms with E-state index in [2.05, 4.69) is 15.3 Å². The molecule has 0 aliphatic rings. The lowest BCUT2D eigenvalue weighted by Gasteiger charge is -2.01. The Morgan fingerprint density at radius 3 is 3.00 bits per heavy atom. The van der Waals surface area contributed by atoms with Gasteiger partial charge in [0.05, 0.1) is 5.69 Å². The fourth-order valence-corrected chi connectivity index (χ4v) is 0.787. The maximum atomic E-state index is 5.40. The fraction of sp³-hybridized carbons (Fsp3) is 0.429. The first-order valence-electron chi connectivity index (χ1n) is 3.61. The Balaban J connectivity index is 2.74. The van der Waals surface area contributed by atoms with E-state index in [1.807, 2.05) is 13.0 Å². The van der Waals surface area contributed by atoms with Crippen LogP contribution in [0.3, 0.4) is 0 Å². The fourth-order valence-electron chi connectivity index (χ4n) is 0.787. The second-order valence-corrected chi connectivity index (χ2v) is 2.13. The first-order chi connectivity index (χ1) is 5.36. The molecule has 60 valence electrons. The molecule has 0 fully saturated rings. The van der Waals surface area contributed by atoms with Crippen molar-refractivity contribution in [2.45, 2.75) is 13.5 Å². The quantitative estimate of drug-likeness (QED) is 0.656. The third-order valence-electron chi connectivity index (χ3n) is 1.29. The molecule has 0 bridgehead atoms. The lowest BCUT2D eigenvalue weighted by Crippen LogP contribution is -2.04. The highest BCUT2D eigenvalue weighted by Crippen LogP contribution is 2.01. The van der Waals surface area contributed by atoms with Crippen LogP contribution in [0.15, 0.2) is 12.4 Å². The molecule has 0 amide bonds. The average Bonchev–Trinajstić information content (AvgIpc) is 2.06. The lowest BCUT2D eigenvalue weighted by atomic mass is 10.4. The number of rotatable bonds is 3. The van der Waals surface area contributed by atoms with Gasteiger partial charge in [0.2, 0.25) is 0 Å². The largest absolute Gasteiger partial charge is 0.370 e. The molecule has 0 aliphatic heterocycles. The molecule has 0 saturated carbocycles.